The van der Waals surface area contributed by atoms with Crippen LogP contribution in [0.4, 0.5) is 0 Å². The highest BCUT2D eigenvalue weighted by Gasteiger charge is 2.38. The van der Waals surface area contributed by atoms with E-state index in [-0.39, 0.29) is 6.61 Å². The van der Waals surface area contributed by atoms with Crippen LogP contribution in [-0.2, 0) is 14.8 Å². The molecular weight excluding hydrogens is 230 g/mol. The van der Waals surface area contributed by atoms with Gasteiger partial charge in [0.05, 0.1) is 6.61 Å². The van der Waals surface area contributed by atoms with E-state index >= 15 is 0 Å². The molecule has 0 unspecified atom stereocenters. The minimum atomic E-state index is -1.84. The highest BCUT2D eigenvalue weighted by Crippen LogP contribution is 2.29. The number of nitrogens with zero attached hydrogens (tertiary/aromatic N) is 1. The number of nitriles is 1. The molecule has 0 radical (unpaired) electrons. The average molecular weight is 249 g/mol. The monoisotopic (exact) mass is 249 g/mol. The Labute approximate surface area is 104 Å². The largest absolute Gasteiger partial charge is 0.395 e. The summed E-state index contributed by atoms with van der Waals surface area (Å²) in [6.07, 6.45) is 0. The predicted octanol–water partition coefficient (Wildman–Crippen LogP) is 2.90. The number of rotatable bonds is 5. The molecule has 1 aromatic rings. The fourth-order valence-electron chi connectivity index (χ4n) is 1.72. The van der Waals surface area contributed by atoms with Crippen molar-refractivity contribution in [1.29, 1.82) is 5.26 Å². The van der Waals surface area contributed by atoms with Crippen molar-refractivity contribution in [2.75, 3.05) is 13.7 Å². The summed E-state index contributed by atoms with van der Waals surface area (Å²) >= 11 is 0. The lowest BCUT2D eigenvalue weighted by Gasteiger charge is -2.33. The molecule has 1 aromatic carbocycles. The van der Waals surface area contributed by atoms with Crippen LogP contribution in [0.15, 0.2) is 30.3 Å². The molecule has 0 saturated heterocycles. The molecule has 0 spiro atoms. The van der Waals surface area contributed by atoms with Gasteiger partial charge in [-0.1, -0.05) is 30.3 Å². The van der Waals surface area contributed by atoms with Gasteiger partial charge >= 0.3 is 0 Å². The molecule has 0 heterocycles. The second kappa shape index (κ2) is 5.45. The third-order valence-corrected chi connectivity index (χ3v) is 3.21. The number of methoxy groups -OCH3 is 1. The smallest absolute Gasteiger partial charge is 0.193 e. The van der Waals surface area contributed by atoms with E-state index in [2.05, 4.69) is 25.7 Å². The van der Waals surface area contributed by atoms with Gasteiger partial charge in [0.2, 0.25) is 0 Å². The summed E-state index contributed by atoms with van der Waals surface area (Å²) in [5.74, 6) is 0. The molecular formula is C13H19NO2Si. The van der Waals surface area contributed by atoms with Gasteiger partial charge < -0.3 is 9.16 Å². The molecule has 1 rings (SSSR count). The second-order valence-electron chi connectivity index (χ2n) is 4.95. The lowest BCUT2D eigenvalue weighted by atomic mass is 9.97. The molecule has 92 valence electrons. The molecule has 0 aliphatic heterocycles. The zero-order valence-electron chi connectivity index (χ0n) is 10.9. The lowest BCUT2D eigenvalue weighted by Crippen LogP contribution is -2.42. The van der Waals surface area contributed by atoms with E-state index in [1.54, 1.807) is 7.11 Å². The van der Waals surface area contributed by atoms with Gasteiger partial charge in [-0.15, -0.1) is 0 Å². The minimum Gasteiger partial charge on any atom is -0.395 e. The zero-order valence-corrected chi connectivity index (χ0v) is 11.9. The van der Waals surface area contributed by atoms with Gasteiger partial charge in [-0.25, -0.2) is 0 Å². The molecule has 4 heteroatoms. The molecule has 0 N–H and O–H groups in total. The van der Waals surface area contributed by atoms with Crippen molar-refractivity contribution in [3.8, 4) is 6.07 Å². The molecule has 0 saturated carbocycles. The SMILES string of the molecule is COC[C@](C#N)(O[Si](C)(C)C)c1ccccc1. The Morgan fingerprint density at radius 3 is 2.24 bits per heavy atom. The van der Waals surface area contributed by atoms with Gasteiger partial charge in [0.15, 0.2) is 13.9 Å². The standard InChI is InChI=1S/C13H19NO2Si/c1-15-11-13(10-14,16-17(2,3)4)12-8-6-5-7-9-12/h5-9H,11H2,1-4H3/t13-/m0/s1. The van der Waals surface area contributed by atoms with Crippen molar-refractivity contribution in [3.05, 3.63) is 35.9 Å². The summed E-state index contributed by atoms with van der Waals surface area (Å²) in [7, 11) is -0.250. The van der Waals surface area contributed by atoms with Crippen molar-refractivity contribution in [2.45, 2.75) is 25.2 Å². The van der Waals surface area contributed by atoms with E-state index in [9.17, 15) is 5.26 Å². The van der Waals surface area contributed by atoms with E-state index in [4.69, 9.17) is 9.16 Å². The first-order chi connectivity index (χ1) is 7.93. The highest BCUT2D eigenvalue weighted by atomic mass is 28.4. The quantitative estimate of drug-likeness (QED) is 0.754. The van der Waals surface area contributed by atoms with Crippen LogP contribution in [0.1, 0.15) is 5.56 Å². The summed E-state index contributed by atoms with van der Waals surface area (Å²) in [6.45, 7) is 6.45. The number of hydrogen-bond acceptors (Lipinski definition) is 3. The van der Waals surface area contributed by atoms with Crippen molar-refractivity contribution < 1.29 is 9.16 Å². The maximum atomic E-state index is 9.49. The normalized spacial score (nSPS) is 15.0. The van der Waals surface area contributed by atoms with Gasteiger partial charge in [0, 0.05) is 7.11 Å². The van der Waals surface area contributed by atoms with Crippen molar-refractivity contribution >= 4 is 8.32 Å². The third-order valence-electron chi connectivity index (χ3n) is 2.25. The lowest BCUT2D eigenvalue weighted by molar-refractivity contribution is 0.0231. The van der Waals surface area contributed by atoms with Gasteiger partial charge in [0.1, 0.15) is 6.07 Å². The van der Waals surface area contributed by atoms with Crippen LogP contribution in [0.25, 0.3) is 0 Å². The maximum Gasteiger partial charge on any atom is 0.193 e. The average Bonchev–Trinajstić information content (AvgIpc) is 2.28. The van der Waals surface area contributed by atoms with E-state index < -0.39 is 13.9 Å². The van der Waals surface area contributed by atoms with Crippen LogP contribution in [0, 0.1) is 11.3 Å². The Hall–Kier alpha value is -1.15. The summed E-state index contributed by atoms with van der Waals surface area (Å²) in [6, 6.07) is 11.8. The molecule has 0 bridgehead atoms. The van der Waals surface area contributed by atoms with Crippen molar-refractivity contribution in [2.24, 2.45) is 0 Å². The Morgan fingerprint density at radius 2 is 1.82 bits per heavy atom. The van der Waals surface area contributed by atoms with Crippen molar-refractivity contribution in [1.82, 2.24) is 0 Å². The highest BCUT2D eigenvalue weighted by molar-refractivity contribution is 6.69. The molecule has 0 fully saturated rings. The first-order valence-electron chi connectivity index (χ1n) is 5.59. The molecule has 17 heavy (non-hydrogen) atoms. The number of ether oxygens (including phenoxy) is 1. The van der Waals surface area contributed by atoms with Gasteiger partial charge in [-0.3, -0.25) is 0 Å². The topological polar surface area (TPSA) is 42.2 Å². The van der Waals surface area contributed by atoms with E-state index in [0.717, 1.165) is 5.56 Å². The minimum absolute atomic E-state index is 0.248. The fourth-order valence-corrected chi connectivity index (χ4v) is 2.99. The van der Waals surface area contributed by atoms with E-state index in [0.29, 0.717) is 0 Å². The molecule has 0 aliphatic rings. The number of hydrogen-bond donors (Lipinski definition) is 0. The van der Waals surface area contributed by atoms with Crippen LogP contribution in [-0.4, -0.2) is 22.0 Å². The third kappa shape index (κ3) is 3.67. The fraction of sp³-hybridized carbons (Fsp3) is 0.462. The summed E-state index contributed by atoms with van der Waals surface area (Å²) in [4.78, 5) is 0. The Balaban J connectivity index is 3.15. The van der Waals surface area contributed by atoms with E-state index in [1.165, 1.54) is 0 Å². The molecule has 0 aliphatic carbocycles. The molecule has 1 atom stereocenters. The summed E-state index contributed by atoms with van der Waals surface area (Å²) in [5.41, 5.74) is -0.132. The Kier molecular flexibility index (Phi) is 4.46. The van der Waals surface area contributed by atoms with Crippen LogP contribution in [0.5, 0.6) is 0 Å². The van der Waals surface area contributed by atoms with Crippen LogP contribution in [0.2, 0.25) is 19.6 Å². The molecule has 0 amide bonds. The van der Waals surface area contributed by atoms with E-state index in [1.807, 2.05) is 30.3 Å². The Morgan fingerprint density at radius 1 is 1.24 bits per heavy atom. The molecule has 3 nitrogen and oxygen atoms in total. The van der Waals surface area contributed by atoms with Crippen LogP contribution < -0.4 is 0 Å². The Bertz CT molecular complexity index is 394. The molecule has 0 aromatic heterocycles. The van der Waals surface area contributed by atoms with Crippen molar-refractivity contribution in [3.63, 3.8) is 0 Å². The first-order valence-corrected chi connectivity index (χ1v) is 9.00. The second-order valence-corrected chi connectivity index (χ2v) is 9.38. The zero-order chi connectivity index (χ0) is 12.9. The van der Waals surface area contributed by atoms with Crippen LogP contribution >= 0.6 is 0 Å². The number of benzene rings is 1. The van der Waals surface area contributed by atoms with Crippen LogP contribution in [0.3, 0.4) is 0 Å². The predicted molar refractivity (Wildman–Crippen MR) is 70.0 cm³/mol. The van der Waals surface area contributed by atoms with Gasteiger partial charge in [-0.2, -0.15) is 5.26 Å². The first kappa shape index (κ1) is 13.9. The summed E-state index contributed by atoms with van der Waals surface area (Å²) < 4.78 is 11.2. The maximum absolute atomic E-state index is 9.49. The summed E-state index contributed by atoms with van der Waals surface area (Å²) in [5, 5.41) is 9.49. The van der Waals surface area contributed by atoms with Gasteiger partial charge in [-0.05, 0) is 25.2 Å². The van der Waals surface area contributed by atoms with Gasteiger partial charge in [0.25, 0.3) is 0 Å².